The number of nitrogens with zero attached hydrogens (tertiary/aromatic N) is 2. The molecule has 1 heterocycles. The second-order valence-corrected chi connectivity index (χ2v) is 4.98. The van der Waals surface area contributed by atoms with Crippen LogP contribution in [-0.4, -0.2) is 27.8 Å². The number of nitrogens with two attached hydrogens (primary N) is 1. The van der Waals surface area contributed by atoms with Gasteiger partial charge in [-0.05, 0) is 22.9 Å². The molecule has 0 unspecified atom stereocenters. The van der Waals surface area contributed by atoms with E-state index in [2.05, 4.69) is 9.97 Å². The van der Waals surface area contributed by atoms with E-state index >= 15 is 0 Å². The number of aromatic amines is 1. The summed E-state index contributed by atoms with van der Waals surface area (Å²) in [5.41, 5.74) is 7.03. The number of benzene rings is 2. The average molecular weight is 280 g/mol. The molecule has 2 aromatic carbocycles. The normalized spacial score (nSPS) is 10.7. The number of amides is 1. The first-order valence-corrected chi connectivity index (χ1v) is 6.67. The van der Waals surface area contributed by atoms with Gasteiger partial charge in [0.15, 0.2) is 0 Å². The molecule has 0 aliphatic rings. The van der Waals surface area contributed by atoms with Crippen molar-refractivity contribution in [3.63, 3.8) is 0 Å². The minimum atomic E-state index is -0.116. The van der Waals surface area contributed by atoms with E-state index in [1.54, 1.807) is 24.3 Å². The van der Waals surface area contributed by atoms with Crippen molar-refractivity contribution in [1.82, 2.24) is 14.9 Å². The molecule has 0 atom stereocenters. The molecule has 3 aromatic rings. The lowest BCUT2D eigenvalue weighted by Crippen LogP contribution is -2.27. The highest BCUT2D eigenvalue weighted by atomic mass is 16.2. The van der Waals surface area contributed by atoms with Crippen LogP contribution < -0.4 is 5.73 Å². The third-order valence-corrected chi connectivity index (χ3v) is 3.44. The Morgan fingerprint density at radius 3 is 2.67 bits per heavy atom. The van der Waals surface area contributed by atoms with Gasteiger partial charge in [-0.3, -0.25) is 4.79 Å². The number of rotatable bonds is 3. The predicted octanol–water partition coefficient (Wildman–Crippen LogP) is 2.42. The summed E-state index contributed by atoms with van der Waals surface area (Å²) in [6.45, 7) is 0.415. The number of carbonyl (C=O) groups is 1. The molecule has 0 spiro atoms. The van der Waals surface area contributed by atoms with E-state index in [9.17, 15) is 4.79 Å². The van der Waals surface area contributed by atoms with Crippen LogP contribution >= 0.6 is 0 Å². The van der Waals surface area contributed by atoms with Gasteiger partial charge in [-0.1, -0.05) is 24.3 Å². The van der Waals surface area contributed by atoms with Crippen LogP contribution in [0.2, 0.25) is 0 Å². The fourth-order valence-corrected chi connectivity index (χ4v) is 2.33. The van der Waals surface area contributed by atoms with E-state index in [1.807, 2.05) is 36.4 Å². The van der Waals surface area contributed by atoms with Crippen molar-refractivity contribution in [2.45, 2.75) is 6.54 Å². The molecule has 0 saturated heterocycles. The van der Waals surface area contributed by atoms with Crippen LogP contribution in [0.15, 0.2) is 48.8 Å². The van der Waals surface area contributed by atoms with Gasteiger partial charge < -0.3 is 15.6 Å². The molecule has 5 heteroatoms. The quantitative estimate of drug-likeness (QED) is 0.723. The lowest BCUT2D eigenvalue weighted by Gasteiger charge is -2.17. The number of nitrogens with one attached hydrogen (secondary N) is 1. The number of imidazole rings is 1. The van der Waals surface area contributed by atoms with E-state index in [0.29, 0.717) is 17.8 Å². The molecule has 3 rings (SSSR count). The standard InChI is InChI=1S/C16H16N4O/c1-20(10-15-18-6-7-19-15)16(21)13-8-11-4-2-3-5-12(11)9-14(13)17/h2-9H,10,17H2,1H3,(H,18,19). The number of carbonyl (C=O) groups excluding carboxylic acids is 1. The molecule has 0 radical (unpaired) electrons. The first-order valence-electron chi connectivity index (χ1n) is 6.67. The van der Waals surface area contributed by atoms with Gasteiger partial charge in [0.2, 0.25) is 0 Å². The Bertz CT molecular complexity index is 780. The summed E-state index contributed by atoms with van der Waals surface area (Å²) in [4.78, 5) is 21.2. The van der Waals surface area contributed by atoms with E-state index in [-0.39, 0.29) is 5.91 Å². The molecule has 1 aromatic heterocycles. The Morgan fingerprint density at radius 2 is 2.00 bits per heavy atom. The molecule has 21 heavy (non-hydrogen) atoms. The molecule has 1 amide bonds. The lowest BCUT2D eigenvalue weighted by molar-refractivity contribution is 0.0783. The zero-order chi connectivity index (χ0) is 14.8. The van der Waals surface area contributed by atoms with E-state index < -0.39 is 0 Å². The summed E-state index contributed by atoms with van der Waals surface area (Å²) in [6, 6.07) is 11.5. The molecule has 3 N–H and O–H groups in total. The summed E-state index contributed by atoms with van der Waals surface area (Å²) in [5.74, 6) is 0.625. The molecule has 0 aliphatic carbocycles. The highest BCUT2D eigenvalue weighted by molar-refractivity contribution is 6.03. The van der Waals surface area contributed by atoms with Crippen molar-refractivity contribution in [2.24, 2.45) is 0 Å². The maximum absolute atomic E-state index is 12.5. The SMILES string of the molecule is CN(Cc1ncc[nH]1)C(=O)c1cc2ccccc2cc1N. The molecular weight excluding hydrogens is 264 g/mol. The van der Waals surface area contributed by atoms with Crippen molar-refractivity contribution in [2.75, 3.05) is 12.8 Å². The molecule has 0 fully saturated rings. The van der Waals surface area contributed by atoms with E-state index in [4.69, 9.17) is 5.73 Å². The van der Waals surface area contributed by atoms with Crippen molar-refractivity contribution in [1.29, 1.82) is 0 Å². The maximum atomic E-state index is 12.5. The Kier molecular flexibility index (Phi) is 3.31. The molecule has 0 saturated carbocycles. The van der Waals surface area contributed by atoms with Gasteiger partial charge in [0.1, 0.15) is 5.82 Å². The van der Waals surface area contributed by atoms with Gasteiger partial charge in [0.25, 0.3) is 5.91 Å². The number of hydrogen-bond acceptors (Lipinski definition) is 3. The summed E-state index contributed by atoms with van der Waals surface area (Å²) in [6.07, 6.45) is 3.40. The minimum Gasteiger partial charge on any atom is -0.398 e. The summed E-state index contributed by atoms with van der Waals surface area (Å²) < 4.78 is 0. The molecule has 106 valence electrons. The second-order valence-electron chi connectivity index (χ2n) is 4.98. The van der Waals surface area contributed by atoms with Crippen molar-refractivity contribution in [3.8, 4) is 0 Å². The predicted molar refractivity (Wildman–Crippen MR) is 82.7 cm³/mol. The monoisotopic (exact) mass is 280 g/mol. The topological polar surface area (TPSA) is 75.0 Å². The number of hydrogen-bond donors (Lipinski definition) is 2. The Morgan fingerprint density at radius 1 is 1.29 bits per heavy atom. The molecule has 0 bridgehead atoms. The fraction of sp³-hybridized carbons (Fsp3) is 0.125. The summed E-state index contributed by atoms with van der Waals surface area (Å²) in [5, 5.41) is 2.03. The molecular formula is C16H16N4O. The molecule has 0 aliphatic heterocycles. The van der Waals surface area contributed by atoms with Gasteiger partial charge in [-0.25, -0.2) is 4.98 Å². The highest BCUT2D eigenvalue weighted by Crippen LogP contribution is 2.23. The van der Waals surface area contributed by atoms with E-state index in [0.717, 1.165) is 16.6 Å². The van der Waals surface area contributed by atoms with Gasteiger partial charge >= 0.3 is 0 Å². The van der Waals surface area contributed by atoms with Crippen LogP contribution in [0, 0.1) is 0 Å². The number of aromatic nitrogens is 2. The molecule has 5 nitrogen and oxygen atoms in total. The zero-order valence-corrected chi connectivity index (χ0v) is 11.7. The van der Waals surface area contributed by atoms with Crippen molar-refractivity contribution >= 4 is 22.4 Å². The number of anilines is 1. The summed E-state index contributed by atoms with van der Waals surface area (Å²) in [7, 11) is 1.74. The van der Waals surface area contributed by atoms with Crippen LogP contribution in [0.5, 0.6) is 0 Å². The van der Waals surface area contributed by atoms with Crippen LogP contribution in [0.25, 0.3) is 10.8 Å². The van der Waals surface area contributed by atoms with Gasteiger partial charge in [-0.2, -0.15) is 0 Å². The Hall–Kier alpha value is -2.82. The van der Waals surface area contributed by atoms with E-state index in [1.165, 1.54) is 0 Å². The minimum absolute atomic E-state index is 0.116. The van der Waals surface area contributed by atoms with Gasteiger partial charge in [0.05, 0.1) is 12.1 Å². The van der Waals surface area contributed by atoms with Crippen LogP contribution in [-0.2, 0) is 6.54 Å². The Balaban J connectivity index is 1.91. The number of H-pyrrole nitrogens is 1. The second kappa shape index (κ2) is 5.28. The maximum Gasteiger partial charge on any atom is 0.256 e. The van der Waals surface area contributed by atoms with Gasteiger partial charge in [-0.15, -0.1) is 0 Å². The largest absolute Gasteiger partial charge is 0.398 e. The van der Waals surface area contributed by atoms with Gasteiger partial charge in [0, 0.05) is 25.1 Å². The lowest BCUT2D eigenvalue weighted by atomic mass is 10.0. The third kappa shape index (κ3) is 2.58. The highest BCUT2D eigenvalue weighted by Gasteiger charge is 2.16. The summed E-state index contributed by atoms with van der Waals surface area (Å²) >= 11 is 0. The zero-order valence-electron chi connectivity index (χ0n) is 11.7. The first-order chi connectivity index (χ1) is 10.1. The van der Waals surface area contributed by atoms with Crippen molar-refractivity contribution < 1.29 is 4.79 Å². The smallest absolute Gasteiger partial charge is 0.256 e. The van der Waals surface area contributed by atoms with Crippen LogP contribution in [0.3, 0.4) is 0 Å². The Labute approximate surface area is 122 Å². The van der Waals surface area contributed by atoms with Crippen LogP contribution in [0.1, 0.15) is 16.2 Å². The average Bonchev–Trinajstić information content (AvgIpc) is 2.98. The van der Waals surface area contributed by atoms with Crippen molar-refractivity contribution in [3.05, 3.63) is 60.2 Å². The number of fused-ring (bicyclic) bond motifs is 1. The number of nitrogen functional groups attached to an aromatic ring is 1. The third-order valence-electron chi connectivity index (χ3n) is 3.44. The first kappa shape index (κ1) is 13.2. The fourth-order valence-electron chi connectivity index (χ4n) is 2.33. The van der Waals surface area contributed by atoms with Crippen LogP contribution in [0.4, 0.5) is 5.69 Å².